The first-order valence-corrected chi connectivity index (χ1v) is 9.32. The Labute approximate surface area is 173 Å². The highest BCUT2D eigenvalue weighted by atomic mass is 35.5. The van der Waals surface area contributed by atoms with Gasteiger partial charge in [0.05, 0.1) is 32.9 Å². The van der Waals surface area contributed by atoms with E-state index in [2.05, 4.69) is 5.32 Å². The first kappa shape index (κ1) is 20.5. The van der Waals surface area contributed by atoms with E-state index in [-0.39, 0.29) is 17.9 Å². The smallest absolute Gasteiger partial charge is 0.250 e. The van der Waals surface area contributed by atoms with E-state index in [1.54, 1.807) is 50.7 Å². The van der Waals surface area contributed by atoms with Crippen molar-refractivity contribution in [2.24, 2.45) is 0 Å². The minimum atomic E-state index is -0.237. The number of hydrogen-bond acceptors (Lipinski definition) is 4. The number of anilines is 1. The van der Waals surface area contributed by atoms with Gasteiger partial charge < -0.3 is 19.4 Å². The second-order valence-corrected chi connectivity index (χ2v) is 6.79. The maximum Gasteiger partial charge on any atom is 0.250 e. The Bertz CT molecular complexity index is 1080. The zero-order valence-electron chi connectivity index (χ0n) is 16.1. The molecule has 3 aromatic rings. The van der Waals surface area contributed by atoms with E-state index >= 15 is 0 Å². The van der Waals surface area contributed by atoms with Gasteiger partial charge in [0.25, 0.3) is 5.56 Å². The quantitative estimate of drug-likeness (QED) is 0.641. The van der Waals surface area contributed by atoms with Crippen LogP contribution >= 0.6 is 11.6 Å². The van der Waals surface area contributed by atoms with Crippen LogP contribution in [0.15, 0.2) is 65.6 Å². The van der Waals surface area contributed by atoms with Crippen LogP contribution < -0.4 is 20.3 Å². The van der Waals surface area contributed by atoms with Crippen LogP contribution in [-0.4, -0.2) is 24.7 Å². The molecule has 6 nitrogen and oxygen atoms in total. The fourth-order valence-electron chi connectivity index (χ4n) is 2.94. The first-order valence-electron chi connectivity index (χ1n) is 8.95. The van der Waals surface area contributed by atoms with Crippen molar-refractivity contribution >= 4 is 23.2 Å². The minimum Gasteiger partial charge on any atom is -0.497 e. The molecule has 29 heavy (non-hydrogen) atoms. The molecule has 0 spiro atoms. The lowest BCUT2D eigenvalue weighted by Gasteiger charge is -2.12. The summed E-state index contributed by atoms with van der Waals surface area (Å²) in [5.74, 6) is 1.01. The Kier molecular flexibility index (Phi) is 6.57. The van der Waals surface area contributed by atoms with Crippen molar-refractivity contribution in [3.63, 3.8) is 0 Å². The third-order valence-electron chi connectivity index (χ3n) is 4.40. The number of nitrogens with zero attached hydrogens (tertiary/aromatic N) is 1. The Morgan fingerprint density at radius 2 is 1.83 bits per heavy atom. The van der Waals surface area contributed by atoms with Gasteiger partial charge in [0.15, 0.2) is 0 Å². The van der Waals surface area contributed by atoms with Gasteiger partial charge in [0.1, 0.15) is 11.5 Å². The van der Waals surface area contributed by atoms with Crippen molar-refractivity contribution in [2.75, 3.05) is 19.5 Å². The number of benzene rings is 2. The van der Waals surface area contributed by atoms with Crippen LogP contribution in [0.25, 0.3) is 0 Å². The highest BCUT2D eigenvalue weighted by molar-refractivity contribution is 6.31. The van der Waals surface area contributed by atoms with Gasteiger partial charge in [0.2, 0.25) is 5.91 Å². The Morgan fingerprint density at radius 1 is 1.03 bits per heavy atom. The van der Waals surface area contributed by atoms with Gasteiger partial charge >= 0.3 is 0 Å². The van der Waals surface area contributed by atoms with E-state index in [0.29, 0.717) is 34.3 Å². The maximum atomic E-state index is 12.5. The molecule has 0 atom stereocenters. The molecular weight excluding hydrogens is 392 g/mol. The third-order valence-corrected chi connectivity index (χ3v) is 4.77. The van der Waals surface area contributed by atoms with Crippen molar-refractivity contribution in [1.29, 1.82) is 0 Å². The number of carbonyl (C=O) groups excluding carboxylic acids is 1. The predicted molar refractivity (Wildman–Crippen MR) is 113 cm³/mol. The fraction of sp³-hybridized carbons (Fsp3) is 0.182. The van der Waals surface area contributed by atoms with Gasteiger partial charge in [-0.2, -0.15) is 0 Å². The molecule has 150 valence electrons. The molecule has 0 bridgehead atoms. The fourth-order valence-corrected chi connectivity index (χ4v) is 3.13. The van der Waals surface area contributed by atoms with Crippen LogP contribution in [0, 0.1) is 0 Å². The highest BCUT2D eigenvalue weighted by Gasteiger charge is 2.11. The second-order valence-electron chi connectivity index (χ2n) is 6.38. The second kappa shape index (κ2) is 9.30. The van der Waals surface area contributed by atoms with Crippen LogP contribution in [0.3, 0.4) is 0 Å². The normalized spacial score (nSPS) is 10.4. The molecule has 1 N–H and O–H groups in total. The number of halogens is 1. The lowest BCUT2D eigenvalue weighted by atomic mass is 10.1. The standard InChI is InChI=1S/C22H21ClN2O4/c1-28-18-8-9-20(29-2)16(11-18)12-21(26)24-17-7-10-22(27)25(14-17)13-15-5-3-4-6-19(15)23/h3-11,14H,12-13H2,1-2H3,(H,24,26). The summed E-state index contributed by atoms with van der Waals surface area (Å²) in [4.78, 5) is 24.7. The predicted octanol–water partition coefficient (Wildman–Crippen LogP) is 3.75. The summed E-state index contributed by atoms with van der Waals surface area (Å²) in [7, 11) is 3.11. The van der Waals surface area contributed by atoms with Crippen molar-refractivity contribution in [1.82, 2.24) is 4.57 Å². The SMILES string of the molecule is COc1ccc(OC)c(CC(=O)Nc2ccc(=O)n(Cc3ccccc3Cl)c2)c1. The molecule has 7 heteroatoms. The number of nitrogens with one attached hydrogen (secondary N) is 1. The molecule has 0 unspecified atom stereocenters. The number of pyridine rings is 1. The zero-order chi connectivity index (χ0) is 20.8. The Hall–Kier alpha value is -3.25. The molecule has 2 aromatic carbocycles. The van der Waals surface area contributed by atoms with Gasteiger partial charge in [-0.25, -0.2) is 0 Å². The Morgan fingerprint density at radius 3 is 2.55 bits per heavy atom. The molecule has 3 rings (SSSR count). The third kappa shape index (κ3) is 5.18. The summed E-state index contributed by atoms with van der Waals surface area (Å²) in [6.07, 6.45) is 1.70. The molecular formula is C22H21ClN2O4. The molecule has 1 amide bonds. The van der Waals surface area contributed by atoms with E-state index < -0.39 is 0 Å². The lowest BCUT2D eigenvalue weighted by molar-refractivity contribution is -0.115. The molecule has 0 saturated carbocycles. The number of methoxy groups -OCH3 is 2. The average Bonchev–Trinajstić information content (AvgIpc) is 2.72. The molecule has 1 heterocycles. The summed E-state index contributed by atoms with van der Waals surface area (Å²) >= 11 is 6.19. The molecule has 0 aliphatic carbocycles. The van der Waals surface area contributed by atoms with Crippen LogP contribution in [0.4, 0.5) is 5.69 Å². The van der Waals surface area contributed by atoms with E-state index in [0.717, 1.165) is 5.56 Å². The number of hydrogen-bond donors (Lipinski definition) is 1. The van der Waals surface area contributed by atoms with E-state index in [1.807, 2.05) is 18.2 Å². The largest absolute Gasteiger partial charge is 0.497 e. The number of carbonyl (C=O) groups is 1. The Balaban J connectivity index is 1.76. The van der Waals surface area contributed by atoms with E-state index in [1.165, 1.54) is 10.6 Å². The van der Waals surface area contributed by atoms with Gasteiger partial charge in [0, 0.05) is 22.8 Å². The minimum absolute atomic E-state index is 0.101. The molecule has 0 radical (unpaired) electrons. The zero-order valence-corrected chi connectivity index (χ0v) is 16.9. The summed E-state index contributed by atoms with van der Waals surface area (Å²) in [5, 5.41) is 3.40. The summed E-state index contributed by atoms with van der Waals surface area (Å²) in [6, 6.07) is 15.6. The van der Waals surface area contributed by atoms with Crippen LogP contribution in [0.1, 0.15) is 11.1 Å². The molecule has 0 aliphatic heterocycles. The maximum absolute atomic E-state index is 12.5. The average molecular weight is 413 g/mol. The molecule has 0 saturated heterocycles. The van der Waals surface area contributed by atoms with E-state index in [4.69, 9.17) is 21.1 Å². The molecule has 0 aliphatic rings. The summed E-state index contributed by atoms with van der Waals surface area (Å²) < 4.78 is 12.0. The van der Waals surface area contributed by atoms with E-state index in [9.17, 15) is 9.59 Å². The van der Waals surface area contributed by atoms with Crippen LogP contribution in [-0.2, 0) is 17.8 Å². The van der Waals surface area contributed by atoms with Gasteiger partial charge in [-0.05, 0) is 35.9 Å². The van der Waals surface area contributed by atoms with Gasteiger partial charge in [-0.1, -0.05) is 29.8 Å². The summed E-state index contributed by atoms with van der Waals surface area (Å²) in [5.41, 5.74) is 1.86. The van der Waals surface area contributed by atoms with Crippen molar-refractivity contribution in [3.05, 3.63) is 87.3 Å². The van der Waals surface area contributed by atoms with Crippen molar-refractivity contribution in [3.8, 4) is 11.5 Å². The highest BCUT2D eigenvalue weighted by Crippen LogP contribution is 2.24. The summed E-state index contributed by atoms with van der Waals surface area (Å²) in [6.45, 7) is 0.311. The van der Waals surface area contributed by atoms with Crippen LogP contribution in [0.2, 0.25) is 5.02 Å². The van der Waals surface area contributed by atoms with Gasteiger partial charge in [-0.15, -0.1) is 0 Å². The molecule has 1 aromatic heterocycles. The number of rotatable bonds is 7. The van der Waals surface area contributed by atoms with Crippen LogP contribution in [0.5, 0.6) is 11.5 Å². The number of aromatic nitrogens is 1. The van der Waals surface area contributed by atoms with Crippen molar-refractivity contribution in [2.45, 2.75) is 13.0 Å². The first-order chi connectivity index (χ1) is 14.0. The van der Waals surface area contributed by atoms with Gasteiger partial charge in [-0.3, -0.25) is 9.59 Å². The monoisotopic (exact) mass is 412 g/mol. The number of amides is 1. The topological polar surface area (TPSA) is 69.6 Å². The lowest BCUT2D eigenvalue weighted by Crippen LogP contribution is -2.22. The van der Waals surface area contributed by atoms with Crippen molar-refractivity contribution < 1.29 is 14.3 Å². The molecule has 0 fully saturated rings. The number of ether oxygens (including phenoxy) is 2.